The van der Waals surface area contributed by atoms with Gasteiger partial charge in [0.25, 0.3) is 0 Å². The van der Waals surface area contributed by atoms with Gasteiger partial charge in [-0.3, -0.25) is 4.79 Å². The number of rotatable bonds is 17. The smallest absolute Gasteiger partial charge is 0.311 e. The van der Waals surface area contributed by atoms with E-state index in [9.17, 15) is 4.79 Å². The Bertz CT molecular complexity index is 1060. The predicted molar refractivity (Wildman–Crippen MR) is 155 cm³/mol. The van der Waals surface area contributed by atoms with E-state index in [1.54, 1.807) is 0 Å². The molecule has 1 atom stereocenters. The van der Waals surface area contributed by atoms with E-state index in [0.29, 0.717) is 18.0 Å². The Morgan fingerprint density at radius 2 is 1.37 bits per heavy atom. The topological polar surface area (TPSA) is 61.3 Å². The van der Waals surface area contributed by atoms with Gasteiger partial charge in [-0.15, -0.1) is 0 Å². The number of hydrogen-bond donors (Lipinski definition) is 0. The summed E-state index contributed by atoms with van der Waals surface area (Å²) in [6.45, 7) is 7.49. The maximum atomic E-state index is 12.2. The molecule has 0 fully saturated rings. The maximum absolute atomic E-state index is 12.2. The van der Waals surface area contributed by atoms with Crippen LogP contribution in [0, 0.1) is 5.92 Å². The van der Waals surface area contributed by atoms with E-state index in [1.165, 1.54) is 44.9 Å². The van der Waals surface area contributed by atoms with Gasteiger partial charge in [-0.05, 0) is 60.7 Å². The van der Waals surface area contributed by atoms with E-state index in [0.717, 1.165) is 54.2 Å². The van der Waals surface area contributed by atoms with Gasteiger partial charge in [-0.1, -0.05) is 84.3 Å². The molecule has 2 aromatic carbocycles. The van der Waals surface area contributed by atoms with Crippen molar-refractivity contribution in [1.29, 1.82) is 0 Å². The minimum Gasteiger partial charge on any atom is -0.494 e. The highest BCUT2D eigenvalue weighted by molar-refractivity contribution is 5.73. The second-order valence-electron chi connectivity index (χ2n) is 10.2. The zero-order chi connectivity index (χ0) is 27.0. The van der Waals surface area contributed by atoms with Crippen molar-refractivity contribution in [2.75, 3.05) is 6.61 Å². The van der Waals surface area contributed by atoms with E-state index in [4.69, 9.17) is 9.47 Å². The van der Waals surface area contributed by atoms with E-state index >= 15 is 0 Å². The first-order valence-electron chi connectivity index (χ1n) is 14.5. The summed E-state index contributed by atoms with van der Waals surface area (Å²) in [6, 6.07) is 15.5. The number of carbonyl (C=O) groups is 1. The molecular weight excluding hydrogens is 472 g/mol. The lowest BCUT2D eigenvalue weighted by Gasteiger charge is -2.08. The van der Waals surface area contributed by atoms with Crippen LogP contribution in [0.15, 0.2) is 60.9 Å². The van der Waals surface area contributed by atoms with Crippen LogP contribution < -0.4 is 9.47 Å². The highest BCUT2D eigenvalue weighted by Gasteiger charge is 2.08. The van der Waals surface area contributed by atoms with Crippen molar-refractivity contribution in [2.45, 2.75) is 91.4 Å². The molecule has 1 aromatic heterocycles. The summed E-state index contributed by atoms with van der Waals surface area (Å²) < 4.78 is 11.4. The highest BCUT2D eigenvalue weighted by Crippen LogP contribution is 2.24. The first-order valence-corrected chi connectivity index (χ1v) is 14.5. The molecule has 0 aliphatic carbocycles. The number of unbranched alkanes of at least 4 members (excludes halogenated alkanes) is 6. The zero-order valence-corrected chi connectivity index (χ0v) is 23.5. The van der Waals surface area contributed by atoms with Gasteiger partial charge in [0, 0.05) is 29.9 Å². The molecule has 5 nitrogen and oxygen atoms in total. The van der Waals surface area contributed by atoms with E-state index in [-0.39, 0.29) is 5.97 Å². The van der Waals surface area contributed by atoms with Crippen LogP contribution >= 0.6 is 0 Å². The third-order valence-corrected chi connectivity index (χ3v) is 6.98. The van der Waals surface area contributed by atoms with Crippen LogP contribution in [0.2, 0.25) is 0 Å². The van der Waals surface area contributed by atoms with E-state index in [1.807, 2.05) is 60.9 Å². The van der Waals surface area contributed by atoms with Crippen LogP contribution in [0.25, 0.3) is 22.5 Å². The minimum absolute atomic E-state index is 0.169. The SMILES string of the molecule is CCCCCCCOc1ccc(-c2ncc(-c3ccc(OC(=O)CCCCCC(C)CC)cc3)cn2)cc1. The van der Waals surface area contributed by atoms with Crippen LogP contribution in [0.5, 0.6) is 11.5 Å². The summed E-state index contributed by atoms with van der Waals surface area (Å²) in [6.07, 6.45) is 15.8. The zero-order valence-electron chi connectivity index (χ0n) is 23.5. The molecule has 0 radical (unpaired) electrons. The molecule has 3 rings (SSSR count). The quantitative estimate of drug-likeness (QED) is 0.102. The van der Waals surface area contributed by atoms with Crippen molar-refractivity contribution >= 4 is 5.97 Å². The Kier molecular flexibility index (Phi) is 12.8. The third kappa shape index (κ3) is 10.3. The second kappa shape index (κ2) is 16.6. The summed E-state index contributed by atoms with van der Waals surface area (Å²) in [7, 11) is 0. The highest BCUT2D eigenvalue weighted by atomic mass is 16.5. The van der Waals surface area contributed by atoms with Gasteiger partial charge in [-0.25, -0.2) is 9.97 Å². The van der Waals surface area contributed by atoms with Gasteiger partial charge in [0.15, 0.2) is 5.82 Å². The number of hydrogen-bond acceptors (Lipinski definition) is 5. The third-order valence-electron chi connectivity index (χ3n) is 6.98. The minimum atomic E-state index is -0.169. The van der Waals surface area contributed by atoms with Gasteiger partial charge < -0.3 is 9.47 Å². The van der Waals surface area contributed by atoms with Gasteiger partial charge in [0.1, 0.15) is 11.5 Å². The molecule has 1 heterocycles. The van der Waals surface area contributed by atoms with Crippen molar-refractivity contribution < 1.29 is 14.3 Å². The van der Waals surface area contributed by atoms with Gasteiger partial charge in [-0.2, -0.15) is 0 Å². The van der Waals surface area contributed by atoms with Crippen LogP contribution in [-0.4, -0.2) is 22.5 Å². The second-order valence-corrected chi connectivity index (χ2v) is 10.2. The molecule has 1 unspecified atom stereocenters. The lowest BCUT2D eigenvalue weighted by Crippen LogP contribution is -2.07. The molecule has 38 heavy (non-hydrogen) atoms. The van der Waals surface area contributed by atoms with Crippen LogP contribution in [0.3, 0.4) is 0 Å². The average molecular weight is 517 g/mol. The molecule has 5 heteroatoms. The average Bonchev–Trinajstić information content (AvgIpc) is 2.95. The number of nitrogens with zero attached hydrogens (tertiary/aromatic N) is 2. The van der Waals surface area contributed by atoms with Crippen molar-refractivity contribution in [2.24, 2.45) is 5.92 Å². The lowest BCUT2D eigenvalue weighted by molar-refractivity contribution is -0.134. The molecule has 0 aliphatic rings. The predicted octanol–water partition coefficient (Wildman–Crippen LogP) is 9.06. The lowest BCUT2D eigenvalue weighted by atomic mass is 10.0. The maximum Gasteiger partial charge on any atom is 0.311 e. The number of ether oxygens (including phenoxy) is 2. The molecule has 0 aliphatic heterocycles. The van der Waals surface area contributed by atoms with Crippen LogP contribution in [0.4, 0.5) is 0 Å². The summed E-state index contributed by atoms with van der Waals surface area (Å²) in [5, 5.41) is 0. The standard InChI is InChI=1S/C33H44N2O3/c1-4-6-7-8-12-23-37-30-19-17-28(18-20-30)33-34-24-29(25-35-33)27-15-21-31(22-16-27)38-32(36)14-11-9-10-13-26(3)5-2/h15-22,24-26H,4-14,23H2,1-3H3. The van der Waals surface area contributed by atoms with Gasteiger partial charge >= 0.3 is 5.97 Å². The molecule has 0 saturated heterocycles. The van der Waals surface area contributed by atoms with Crippen LogP contribution in [0.1, 0.15) is 91.4 Å². The van der Waals surface area contributed by atoms with Gasteiger partial charge in [0.05, 0.1) is 6.61 Å². The Balaban J connectivity index is 1.43. The van der Waals surface area contributed by atoms with Crippen molar-refractivity contribution in [3.05, 3.63) is 60.9 Å². The normalized spacial score (nSPS) is 11.8. The fourth-order valence-corrected chi connectivity index (χ4v) is 4.26. The number of esters is 1. The Hall–Kier alpha value is -3.21. The molecule has 0 N–H and O–H groups in total. The monoisotopic (exact) mass is 516 g/mol. The molecule has 0 saturated carbocycles. The Labute approximate surface area is 229 Å². The number of aromatic nitrogens is 2. The summed E-state index contributed by atoms with van der Waals surface area (Å²) in [5.41, 5.74) is 2.84. The molecule has 0 bridgehead atoms. The summed E-state index contributed by atoms with van der Waals surface area (Å²) >= 11 is 0. The summed E-state index contributed by atoms with van der Waals surface area (Å²) in [4.78, 5) is 21.3. The van der Waals surface area contributed by atoms with E-state index in [2.05, 4.69) is 30.7 Å². The van der Waals surface area contributed by atoms with Crippen LogP contribution in [-0.2, 0) is 4.79 Å². The van der Waals surface area contributed by atoms with Crippen molar-refractivity contribution in [3.63, 3.8) is 0 Å². The molecule has 204 valence electrons. The molecule has 0 amide bonds. The largest absolute Gasteiger partial charge is 0.494 e. The fourth-order valence-electron chi connectivity index (χ4n) is 4.26. The molecule has 3 aromatic rings. The first kappa shape index (κ1) is 29.3. The number of carbonyl (C=O) groups excluding carboxylic acids is 1. The first-order chi connectivity index (χ1) is 18.6. The fraction of sp³-hybridized carbons (Fsp3) is 0.485. The van der Waals surface area contributed by atoms with Crippen molar-refractivity contribution in [3.8, 4) is 34.0 Å². The van der Waals surface area contributed by atoms with E-state index < -0.39 is 0 Å². The van der Waals surface area contributed by atoms with Crippen molar-refractivity contribution in [1.82, 2.24) is 9.97 Å². The summed E-state index contributed by atoms with van der Waals surface area (Å²) in [5.74, 6) is 2.72. The Morgan fingerprint density at radius 3 is 2.05 bits per heavy atom. The van der Waals surface area contributed by atoms with Gasteiger partial charge in [0.2, 0.25) is 0 Å². The Morgan fingerprint density at radius 1 is 0.737 bits per heavy atom. The number of benzene rings is 2. The molecule has 0 spiro atoms. The molecular formula is C33H44N2O3.